The van der Waals surface area contributed by atoms with Crippen LogP contribution in [0.5, 0.6) is 0 Å². The molecule has 144 valence electrons. The van der Waals surface area contributed by atoms with E-state index in [2.05, 4.69) is 10.4 Å². The van der Waals surface area contributed by atoms with Crippen LogP contribution >= 0.6 is 0 Å². The quantitative estimate of drug-likeness (QED) is 0.730. The van der Waals surface area contributed by atoms with E-state index in [0.29, 0.717) is 17.9 Å². The van der Waals surface area contributed by atoms with Crippen LogP contribution in [-0.4, -0.2) is 35.6 Å². The summed E-state index contributed by atoms with van der Waals surface area (Å²) in [6, 6.07) is 16.4. The molecule has 4 rings (SSSR count). The third-order valence-electron chi connectivity index (χ3n) is 4.72. The second-order valence-corrected chi connectivity index (χ2v) is 8.94. The second kappa shape index (κ2) is 7.20. The van der Waals surface area contributed by atoms with Gasteiger partial charge in [-0.15, -0.1) is 0 Å². The SMILES string of the molecule is O=C(Nc1cc(-c2ccccc2)nn1[C@H]1CCS(=O)(=O)C1)c1ccccc1F. The van der Waals surface area contributed by atoms with E-state index in [1.54, 1.807) is 12.1 Å². The van der Waals surface area contributed by atoms with Crippen molar-refractivity contribution in [2.75, 3.05) is 16.8 Å². The number of aromatic nitrogens is 2. The highest BCUT2D eigenvalue weighted by molar-refractivity contribution is 7.91. The minimum Gasteiger partial charge on any atom is -0.307 e. The Kier molecular flexibility index (Phi) is 4.72. The summed E-state index contributed by atoms with van der Waals surface area (Å²) in [4.78, 5) is 12.6. The number of hydrogen-bond donors (Lipinski definition) is 1. The number of carbonyl (C=O) groups excluding carboxylic acids is 1. The van der Waals surface area contributed by atoms with Crippen LogP contribution in [0.25, 0.3) is 11.3 Å². The maximum atomic E-state index is 14.0. The molecule has 3 aromatic rings. The number of nitrogens with zero attached hydrogens (tertiary/aromatic N) is 2. The first-order valence-corrected chi connectivity index (χ1v) is 10.7. The van der Waals surface area contributed by atoms with Crippen molar-refractivity contribution in [3.8, 4) is 11.3 Å². The minimum absolute atomic E-state index is 0.0362. The molecule has 0 spiro atoms. The molecular weight excluding hydrogens is 381 g/mol. The van der Waals surface area contributed by atoms with Crippen LogP contribution < -0.4 is 5.32 Å². The van der Waals surface area contributed by atoms with Crippen LogP contribution in [-0.2, 0) is 9.84 Å². The van der Waals surface area contributed by atoms with Gasteiger partial charge in [-0.3, -0.25) is 4.79 Å². The summed E-state index contributed by atoms with van der Waals surface area (Å²) in [6.45, 7) is 0. The van der Waals surface area contributed by atoms with Gasteiger partial charge in [0.1, 0.15) is 11.6 Å². The Morgan fingerprint density at radius 2 is 1.82 bits per heavy atom. The zero-order valence-electron chi connectivity index (χ0n) is 14.9. The highest BCUT2D eigenvalue weighted by Crippen LogP contribution is 2.30. The fourth-order valence-electron chi connectivity index (χ4n) is 3.31. The van der Waals surface area contributed by atoms with Crippen LogP contribution in [0.1, 0.15) is 22.8 Å². The van der Waals surface area contributed by atoms with E-state index >= 15 is 0 Å². The standard InChI is InChI=1S/C20H18FN3O3S/c21-17-9-5-4-8-16(17)20(25)22-19-12-18(14-6-2-1-3-7-14)23-24(19)15-10-11-28(26,27)13-15/h1-9,12,15H,10-11,13H2,(H,22,25)/t15-/m0/s1. The Morgan fingerprint density at radius 3 is 2.50 bits per heavy atom. The van der Waals surface area contributed by atoms with E-state index in [1.165, 1.54) is 22.9 Å². The number of amides is 1. The molecule has 1 fully saturated rings. The van der Waals surface area contributed by atoms with Crippen molar-refractivity contribution in [1.82, 2.24) is 9.78 Å². The van der Waals surface area contributed by atoms with Gasteiger partial charge in [0.2, 0.25) is 0 Å². The van der Waals surface area contributed by atoms with E-state index < -0.39 is 21.6 Å². The Balaban J connectivity index is 1.71. The van der Waals surface area contributed by atoms with Gasteiger partial charge >= 0.3 is 0 Å². The van der Waals surface area contributed by atoms with E-state index in [9.17, 15) is 17.6 Å². The average molecular weight is 399 g/mol. The van der Waals surface area contributed by atoms with Crippen molar-refractivity contribution >= 4 is 21.6 Å². The molecule has 2 heterocycles. The van der Waals surface area contributed by atoms with Crippen molar-refractivity contribution in [2.45, 2.75) is 12.5 Å². The summed E-state index contributed by atoms with van der Waals surface area (Å²) in [5.41, 5.74) is 1.35. The first-order chi connectivity index (χ1) is 13.4. The number of halogens is 1. The highest BCUT2D eigenvalue weighted by Gasteiger charge is 2.32. The molecule has 0 unspecified atom stereocenters. The van der Waals surface area contributed by atoms with Gasteiger partial charge < -0.3 is 5.32 Å². The number of nitrogens with one attached hydrogen (secondary N) is 1. The summed E-state index contributed by atoms with van der Waals surface area (Å²) < 4.78 is 39.3. The molecule has 1 aliphatic rings. The van der Waals surface area contributed by atoms with Gasteiger partial charge in [-0.2, -0.15) is 5.10 Å². The van der Waals surface area contributed by atoms with Crippen molar-refractivity contribution in [3.05, 3.63) is 72.0 Å². The molecule has 1 saturated heterocycles. The normalized spacial score (nSPS) is 18.1. The van der Waals surface area contributed by atoms with Crippen LogP contribution in [0, 0.1) is 5.82 Å². The number of benzene rings is 2. The molecule has 0 saturated carbocycles. The van der Waals surface area contributed by atoms with Crippen molar-refractivity contribution in [1.29, 1.82) is 0 Å². The lowest BCUT2D eigenvalue weighted by Crippen LogP contribution is -2.20. The molecule has 0 aliphatic carbocycles. The van der Waals surface area contributed by atoms with Gasteiger partial charge in [0.15, 0.2) is 9.84 Å². The molecule has 1 aliphatic heterocycles. The molecular formula is C20H18FN3O3S. The Labute approximate surface area is 161 Å². The van der Waals surface area contributed by atoms with Crippen LogP contribution in [0.2, 0.25) is 0 Å². The van der Waals surface area contributed by atoms with Crippen molar-refractivity contribution in [2.24, 2.45) is 0 Å². The topological polar surface area (TPSA) is 81.1 Å². The largest absolute Gasteiger partial charge is 0.307 e. The zero-order valence-corrected chi connectivity index (χ0v) is 15.7. The minimum atomic E-state index is -3.14. The predicted octanol–water partition coefficient (Wildman–Crippen LogP) is 3.30. The molecule has 1 N–H and O–H groups in total. The number of sulfone groups is 1. The van der Waals surface area contributed by atoms with Gasteiger partial charge in [0, 0.05) is 11.6 Å². The molecule has 1 amide bonds. The molecule has 8 heteroatoms. The van der Waals surface area contributed by atoms with Crippen molar-refractivity contribution in [3.63, 3.8) is 0 Å². The van der Waals surface area contributed by atoms with Crippen LogP contribution in [0.15, 0.2) is 60.7 Å². The lowest BCUT2D eigenvalue weighted by molar-refractivity contribution is 0.102. The zero-order chi connectivity index (χ0) is 19.7. The fourth-order valence-corrected chi connectivity index (χ4v) is 5.01. The van der Waals surface area contributed by atoms with Crippen LogP contribution in [0.3, 0.4) is 0 Å². The third kappa shape index (κ3) is 3.68. The lowest BCUT2D eigenvalue weighted by Gasteiger charge is -2.14. The van der Waals surface area contributed by atoms with E-state index in [1.807, 2.05) is 30.3 Å². The number of anilines is 1. The van der Waals surface area contributed by atoms with E-state index in [4.69, 9.17) is 0 Å². The molecule has 1 atom stereocenters. The summed E-state index contributed by atoms with van der Waals surface area (Å²) in [6.07, 6.45) is 0.417. The number of rotatable bonds is 4. The van der Waals surface area contributed by atoms with Gasteiger partial charge in [0.25, 0.3) is 5.91 Å². The molecule has 2 aromatic carbocycles. The molecule has 0 radical (unpaired) electrons. The summed E-state index contributed by atoms with van der Waals surface area (Å²) in [5, 5.41) is 7.23. The summed E-state index contributed by atoms with van der Waals surface area (Å²) in [7, 11) is -3.14. The van der Waals surface area contributed by atoms with Gasteiger partial charge in [0.05, 0.1) is 28.8 Å². The summed E-state index contributed by atoms with van der Waals surface area (Å²) >= 11 is 0. The fraction of sp³-hybridized carbons (Fsp3) is 0.200. The maximum Gasteiger partial charge on any atom is 0.259 e. The van der Waals surface area contributed by atoms with Crippen LogP contribution in [0.4, 0.5) is 10.2 Å². The average Bonchev–Trinajstić information content (AvgIpc) is 3.25. The van der Waals surface area contributed by atoms with Gasteiger partial charge in [-0.25, -0.2) is 17.5 Å². The van der Waals surface area contributed by atoms with Gasteiger partial charge in [-0.1, -0.05) is 42.5 Å². The Hall–Kier alpha value is -3.00. The second-order valence-electron chi connectivity index (χ2n) is 6.72. The molecule has 0 bridgehead atoms. The van der Waals surface area contributed by atoms with Gasteiger partial charge in [-0.05, 0) is 18.6 Å². The highest BCUT2D eigenvalue weighted by atomic mass is 32.2. The van der Waals surface area contributed by atoms with Crippen molar-refractivity contribution < 1.29 is 17.6 Å². The molecule has 1 aromatic heterocycles. The summed E-state index contributed by atoms with van der Waals surface area (Å²) in [5.74, 6) is -0.851. The first-order valence-electron chi connectivity index (χ1n) is 8.84. The Bertz CT molecular complexity index is 1130. The Morgan fingerprint density at radius 1 is 1.11 bits per heavy atom. The monoisotopic (exact) mass is 399 g/mol. The predicted molar refractivity (Wildman–Crippen MR) is 104 cm³/mol. The number of hydrogen-bond acceptors (Lipinski definition) is 4. The first kappa shape index (κ1) is 18.4. The smallest absolute Gasteiger partial charge is 0.259 e. The lowest BCUT2D eigenvalue weighted by atomic mass is 10.1. The molecule has 28 heavy (non-hydrogen) atoms. The molecule has 6 nitrogen and oxygen atoms in total. The third-order valence-corrected chi connectivity index (χ3v) is 6.47. The number of carbonyl (C=O) groups is 1. The maximum absolute atomic E-state index is 14.0. The van der Waals surface area contributed by atoms with E-state index in [0.717, 1.165) is 5.56 Å². The van der Waals surface area contributed by atoms with E-state index in [-0.39, 0.29) is 23.1 Å².